The SMILES string of the molecule is NC(=O)C1CCN(C(=O)OCc2ccccc2)C1. The quantitative estimate of drug-likeness (QED) is 0.871. The molecule has 1 heterocycles. The highest BCUT2D eigenvalue weighted by atomic mass is 16.6. The molecule has 0 bridgehead atoms. The van der Waals surface area contributed by atoms with Gasteiger partial charge in [0.05, 0.1) is 5.92 Å². The number of hydrogen-bond donors (Lipinski definition) is 1. The third-order valence-corrected chi connectivity index (χ3v) is 3.05. The summed E-state index contributed by atoms with van der Waals surface area (Å²) in [5.41, 5.74) is 6.15. The van der Waals surface area contributed by atoms with Gasteiger partial charge in [-0.2, -0.15) is 0 Å². The number of nitrogens with two attached hydrogens (primary N) is 1. The summed E-state index contributed by atoms with van der Waals surface area (Å²) in [6, 6.07) is 9.47. The third-order valence-electron chi connectivity index (χ3n) is 3.05. The number of hydrogen-bond acceptors (Lipinski definition) is 3. The van der Waals surface area contributed by atoms with E-state index in [2.05, 4.69) is 0 Å². The molecular formula is C13H16N2O3. The Bertz CT molecular complexity index is 433. The number of benzene rings is 1. The van der Waals surface area contributed by atoms with Crippen LogP contribution in [0.4, 0.5) is 4.79 Å². The maximum atomic E-state index is 11.7. The minimum absolute atomic E-state index is 0.241. The lowest BCUT2D eigenvalue weighted by Crippen LogP contribution is -2.32. The lowest BCUT2D eigenvalue weighted by Gasteiger charge is -2.15. The molecule has 5 nitrogen and oxygen atoms in total. The summed E-state index contributed by atoms with van der Waals surface area (Å²) in [5, 5.41) is 0. The molecule has 1 aliphatic rings. The first-order valence-corrected chi connectivity index (χ1v) is 5.92. The van der Waals surface area contributed by atoms with E-state index < -0.39 is 0 Å². The van der Waals surface area contributed by atoms with Gasteiger partial charge >= 0.3 is 6.09 Å². The number of carbonyl (C=O) groups excluding carboxylic acids is 2. The van der Waals surface area contributed by atoms with Crippen molar-refractivity contribution >= 4 is 12.0 Å². The topological polar surface area (TPSA) is 72.6 Å². The standard InChI is InChI=1S/C13H16N2O3/c14-12(16)11-6-7-15(8-11)13(17)18-9-10-4-2-1-3-5-10/h1-5,11H,6-9H2,(H2,14,16). The predicted octanol–water partition coefficient (Wildman–Crippen LogP) is 1.13. The second-order valence-corrected chi connectivity index (χ2v) is 4.37. The summed E-state index contributed by atoms with van der Waals surface area (Å²) in [6.07, 6.45) is 0.234. The Morgan fingerprint density at radius 3 is 2.67 bits per heavy atom. The molecular weight excluding hydrogens is 232 g/mol. The van der Waals surface area contributed by atoms with Crippen LogP contribution in [0.3, 0.4) is 0 Å². The van der Waals surface area contributed by atoms with Crippen LogP contribution in [0.5, 0.6) is 0 Å². The summed E-state index contributed by atoms with van der Waals surface area (Å²) >= 11 is 0. The molecule has 5 heteroatoms. The summed E-state index contributed by atoms with van der Waals surface area (Å²) < 4.78 is 5.17. The van der Waals surface area contributed by atoms with Crippen LogP contribution >= 0.6 is 0 Å². The average Bonchev–Trinajstić information content (AvgIpc) is 2.87. The van der Waals surface area contributed by atoms with Gasteiger partial charge in [-0.3, -0.25) is 4.79 Å². The van der Waals surface area contributed by atoms with Gasteiger partial charge in [-0.05, 0) is 12.0 Å². The van der Waals surface area contributed by atoms with E-state index in [1.165, 1.54) is 4.90 Å². The van der Waals surface area contributed by atoms with Gasteiger partial charge in [-0.1, -0.05) is 30.3 Å². The Morgan fingerprint density at radius 1 is 1.33 bits per heavy atom. The first-order chi connectivity index (χ1) is 8.66. The van der Waals surface area contributed by atoms with Gasteiger partial charge in [0.1, 0.15) is 6.61 Å². The van der Waals surface area contributed by atoms with Crippen LogP contribution in [0.1, 0.15) is 12.0 Å². The molecule has 96 valence electrons. The van der Waals surface area contributed by atoms with E-state index in [0.717, 1.165) is 5.56 Å². The molecule has 1 saturated heterocycles. The zero-order valence-corrected chi connectivity index (χ0v) is 10.0. The number of amides is 2. The van der Waals surface area contributed by atoms with Crippen molar-refractivity contribution in [3.63, 3.8) is 0 Å². The number of carbonyl (C=O) groups is 2. The van der Waals surface area contributed by atoms with E-state index in [-0.39, 0.29) is 24.5 Å². The molecule has 0 radical (unpaired) electrons. The van der Waals surface area contributed by atoms with Crippen molar-refractivity contribution in [3.8, 4) is 0 Å². The van der Waals surface area contributed by atoms with Crippen molar-refractivity contribution in [2.75, 3.05) is 13.1 Å². The van der Waals surface area contributed by atoms with E-state index in [0.29, 0.717) is 19.5 Å². The van der Waals surface area contributed by atoms with Crippen LogP contribution in [0, 0.1) is 5.92 Å². The molecule has 0 aromatic heterocycles. The van der Waals surface area contributed by atoms with E-state index in [9.17, 15) is 9.59 Å². The molecule has 1 atom stereocenters. The summed E-state index contributed by atoms with van der Waals surface area (Å²) in [7, 11) is 0. The summed E-state index contributed by atoms with van der Waals surface area (Å²) in [5.74, 6) is -0.595. The van der Waals surface area contributed by atoms with Crippen LogP contribution in [0.15, 0.2) is 30.3 Å². The van der Waals surface area contributed by atoms with Crippen LogP contribution < -0.4 is 5.73 Å². The van der Waals surface area contributed by atoms with Crippen molar-refractivity contribution < 1.29 is 14.3 Å². The van der Waals surface area contributed by atoms with Crippen LogP contribution in [0.2, 0.25) is 0 Å². The van der Waals surface area contributed by atoms with Crippen molar-refractivity contribution in [2.45, 2.75) is 13.0 Å². The van der Waals surface area contributed by atoms with E-state index >= 15 is 0 Å². The zero-order chi connectivity index (χ0) is 13.0. The highest BCUT2D eigenvalue weighted by Gasteiger charge is 2.30. The minimum Gasteiger partial charge on any atom is -0.445 e. The van der Waals surface area contributed by atoms with Crippen molar-refractivity contribution in [1.82, 2.24) is 4.90 Å². The monoisotopic (exact) mass is 248 g/mol. The van der Waals surface area contributed by atoms with Gasteiger partial charge in [-0.15, -0.1) is 0 Å². The number of primary amides is 1. The normalized spacial score (nSPS) is 18.7. The number of ether oxygens (including phenoxy) is 1. The minimum atomic E-state index is -0.386. The van der Waals surface area contributed by atoms with E-state index in [1.807, 2.05) is 30.3 Å². The molecule has 1 aromatic carbocycles. The summed E-state index contributed by atoms with van der Waals surface area (Å²) in [4.78, 5) is 24.3. The lowest BCUT2D eigenvalue weighted by molar-refractivity contribution is -0.121. The molecule has 0 aliphatic carbocycles. The Hall–Kier alpha value is -2.04. The molecule has 0 saturated carbocycles. The molecule has 0 spiro atoms. The highest BCUT2D eigenvalue weighted by Crippen LogP contribution is 2.16. The Kier molecular flexibility index (Phi) is 3.82. The first kappa shape index (κ1) is 12.4. The van der Waals surface area contributed by atoms with Crippen molar-refractivity contribution in [3.05, 3.63) is 35.9 Å². The largest absolute Gasteiger partial charge is 0.445 e. The number of nitrogens with zero attached hydrogens (tertiary/aromatic N) is 1. The Morgan fingerprint density at radius 2 is 2.06 bits per heavy atom. The molecule has 1 fully saturated rings. The van der Waals surface area contributed by atoms with Gasteiger partial charge < -0.3 is 15.4 Å². The molecule has 2 rings (SSSR count). The van der Waals surface area contributed by atoms with Crippen LogP contribution in [-0.2, 0) is 16.1 Å². The molecule has 1 aliphatic heterocycles. The smallest absolute Gasteiger partial charge is 0.410 e. The van der Waals surface area contributed by atoms with E-state index in [1.54, 1.807) is 0 Å². The molecule has 2 N–H and O–H groups in total. The second-order valence-electron chi connectivity index (χ2n) is 4.37. The van der Waals surface area contributed by atoms with Gasteiger partial charge in [-0.25, -0.2) is 4.79 Å². The fourth-order valence-corrected chi connectivity index (χ4v) is 1.97. The summed E-state index contributed by atoms with van der Waals surface area (Å²) in [6.45, 7) is 1.14. The fraction of sp³-hybridized carbons (Fsp3) is 0.385. The maximum absolute atomic E-state index is 11.7. The molecule has 1 unspecified atom stereocenters. The van der Waals surface area contributed by atoms with E-state index in [4.69, 9.17) is 10.5 Å². The van der Waals surface area contributed by atoms with Crippen LogP contribution in [-0.4, -0.2) is 30.0 Å². The van der Waals surface area contributed by atoms with Gasteiger partial charge in [0.2, 0.25) is 5.91 Å². The van der Waals surface area contributed by atoms with Crippen molar-refractivity contribution in [2.24, 2.45) is 11.7 Å². The molecule has 1 aromatic rings. The molecule has 2 amide bonds. The Labute approximate surface area is 106 Å². The second kappa shape index (κ2) is 5.53. The predicted molar refractivity (Wildman–Crippen MR) is 65.5 cm³/mol. The maximum Gasteiger partial charge on any atom is 0.410 e. The van der Waals surface area contributed by atoms with Crippen molar-refractivity contribution in [1.29, 1.82) is 0 Å². The highest BCUT2D eigenvalue weighted by molar-refractivity contribution is 5.78. The third kappa shape index (κ3) is 3.00. The van der Waals surface area contributed by atoms with Crippen LogP contribution in [0.25, 0.3) is 0 Å². The number of likely N-dealkylation sites (tertiary alicyclic amines) is 1. The average molecular weight is 248 g/mol. The van der Waals surface area contributed by atoms with Gasteiger partial charge in [0.15, 0.2) is 0 Å². The number of rotatable bonds is 3. The first-order valence-electron chi connectivity index (χ1n) is 5.92. The fourth-order valence-electron chi connectivity index (χ4n) is 1.97. The zero-order valence-electron chi connectivity index (χ0n) is 10.0. The lowest BCUT2D eigenvalue weighted by atomic mass is 10.1. The van der Waals surface area contributed by atoms with Gasteiger partial charge in [0.25, 0.3) is 0 Å². The Balaban J connectivity index is 1.81. The molecule has 18 heavy (non-hydrogen) atoms. The van der Waals surface area contributed by atoms with Gasteiger partial charge in [0, 0.05) is 13.1 Å².